The van der Waals surface area contributed by atoms with Gasteiger partial charge in [-0.25, -0.2) is 4.98 Å². The molecule has 2 aromatic heterocycles. The molecule has 6 nitrogen and oxygen atoms in total. The summed E-state index contributed by atoms with van der Waals surface area (Å²) in [5.41, 5.74) is 0.894. The standard InChI is InChI=1S/C23H15ClN2O4/c1-29-16-7-3-2-6-14(16)20-19-21(27)15-12-13(24)9-10-17(15)30-22(19)23(28)26(20)18-8-4-5-11-25-18/h2-12,20H,1H3/t20-/m0/s1. The van der Waals surface area contributed by atoms with Crippen LogP contribution < -0.4 is 15.1 Å². The van der Waals surface area contributed by atoms with E-state index in [9.17, 15) is 9.59 Å². The first-order valence-corrected chi connectivity index (χ1v) is 9.61. The average Bonchev–Trinajstić information content (AvgIpc) is 3.07. The van der Waals surface area contributed by atoms with Crippen LogP contribution in [0.5, 0.6) is 5.75 Å². The molecule has 1 amide bonds. The maximum absolute atomic E-state index is 13.5. The van der Waals surface area contributed by atoms with Gasteiger partial charge >= 0.3 is 0 Å². The van der Waals surface area contributed by atoms with Crippen LogP contribution in [0.15, 0.2) is 76.1 Å². The molecule has 7 heteroatoms. The van der Waals surface area contributed by atoms with E-state index in [2.05, 4.69) is 4.98 Å². The Morgan fingerprint density at radius 1 is 1.07 bits per heavy atom. The van der Waals surface area contributed by atoms with Gasteiger partial charge in [-0.1, -0.05) is 35.9 Å². The number of amides is 1. The maximum atomic E-state index is 13.5. The first kappa shape index (κ1) is 18.4. The number of rotatable bonds is 3. The summed E-state index contributed by atoms with van der Waals surface area (Å²) in [4.78, 5) is 32.8. The number of para-hydroxylation sites is 1. The van der Waals surface area contributed by atoms with Gasteiger partial charge in [0.25, 0.3) is 5.91 Å². The molecule has 2 aromatic carbocycles. The summed E-state index contributed by atoms with van der Waals surface area (Å²) in [6, 6.07) is 16.5. The predicted octanol–water partition coefficient (Wildman–Crippen LogP) is 4.60. The van der Waals surface area contributed by atoms with E-state index in [0.29, 0.717) is 33.1 Å². The number of ether oxygens (including phenoxy) is 1. The van der Waals surface area contributed by atoms with Crippen LogP contribution >= 0.6 is 11.6 Å². The highest BCUT2D eigenvalue weighted by molar-refractivity contribution is 6.31. The number of pyridine rings is 1. The number of methoxy groups -OCH3 is 1. The molecule has 30 heavy (non-hydrogen) atoms. The molecule has 0 saturated carbocycles. The van der Waals surface area contributed by atoms with Gasteiger partial charge in [-0.05, 0) is 36.4 Å². The topological polar surface area (TPSA) is 72.6 Å². The summed E-state index contributed by atoms with van der Waals surface area (Å²) in [6.07, 6.45) is 1.59. The number of halogens is 1. The van der Waals surface area contributed by atoms with Crippen LogP contribution in [0.1, 0.15) is 27.7 Å². The molecule has 4 aromatic rings. The van der Waals surface area contributed by atoms with Crippen molar-refractivity contribution in [3.05, 3.63) is 99.0 Å². The minimum atomic E-state index is -0.752. The van der Waals surface area contributed by atoms with Crippen molar-refractivity contribution in [2.75, 3.05) is 12.0 Å². The molecular formula is C23H15ClN2O4. The summed E-state index contributed by atoms with van der Waals surface area (Å²) in [6.45, 7) is 0. The van der Waals surface area contributed by atoms with Gasteiger partial charge in [0, 0.05) is 16.8 Å². The third kappa shape index (κ3) is 2.69. The van der Waals surface area contributed by atoms with E-state index in [4.69, 9.17) is 20.8 Å². The Morgan fingerprint density at radius 2 is 1.87 bits per heavy atom. The number of carbonyl (C=O) groups is 1. The van der Waals surface area contributed by atoms with Crippen LogP contribution in [0.25, 0.3) is 11.0 Å². The minimum Gasteiger partial charge on any atom is -0.496 e. The monoisotopic (exact) mass is 418 g/mol. The molecule has 0 N–H and O–H groups in total. The Hall–Kier alpha value is -3.64. The molecule has 1 atom stereocenters. The molecular weight excluding hydrogens is 404 g/mol. The minimum absolute atomic E-state index is 0.00335. The molecule has 0 saturated heterocycles. The van der Waals surface area contributed by atoms with Gasteiger partial charge in [0.1, 0.15) is 23.2 Å². The zero-order valence-corrected chi connectivity index (χ0v) is 16.6. The molecule has 1 aliphatic heterocycles. The highest BCUT2D eigenvalue weighted by Crippen LogP contribution is 2.43. The van der Waals surface area contributed by atoms with Crippen molar-refractivity contribution < 1.29 is 13.9 Å². The van der Waals surface area contributed by atoms with E-state index in [1.54, 1.807) is 55.8 Å². The van der Waals surface area contributed by atoms with Gasteiger partial charge in [0.05, 0.1) is 18.1 Å². The van der Waals surface area contributed by atoms with E-state index in [1.807, 2.05) is 18.2 Å². The largest absolute Gasteiger partial charge is 0.496 e. The van der Waals surface area contributed by atoms with E-state index in [-0.39, 0.29) is 16.8 Å². The highest BCUT2D eigenvalue weighted by Gasteiger charge is 2.45. The van der Waals surface area contributed by atoms with Crippen molar-refractivity contribution in [2.45, 2.75) is 6.04 Å². The number of benzene rings is 2. The third-order valence-electron chi connectivity index (χ3n) is 5.16. The zero-order chi connectivity index (χ0) is 20.8. The lowest BCUT2D eigenvalue weighted by molar-refractivity contribution is 0.0970. The van der Waals surface area contributed by atoms with Crippen molar-refractivity contribution in [1.29, 1.82) is 0 Å². The Balaban J connectivity index is 1.86. The van der Waals surface area contributed by atoms with E-state index >= 15 is 0 Å². The number of anilines is 1. The third-order valence-corrected chi connectivity index (χ3v) is 5.40. The Morgan fingerprint density at radius 3 is 2.63 bits per heavy atom. The van der Waals surface area contributed by atoms with Crippen LogP contribution in [0.3, 0.4) is 0 Å². The van der Waals surface area contributed by atoms with Gasteiger partial charge in [-0.3, -0.25) is 14.5 Å². The van der Waals surface area contributed by atoms with Crippen molar-refractivity contribution in [1.82, 2.24) is 4.98 Å². The fraction of sp³-hybridized carbons (Fsp3) is 0.0870. The molecule has 3 heterocycles. The number of fused-ring (bicyclic) bond motifs is 2. The van der Waals surface area contributed by atoms with E-state index < -0.39 is 11.9 Å². The summed E-state index contributed by atoms with van der Waals surface area (Å²) in [5, 5.41) is 0.728. The smallest absolute Gasteiger partial charge is 0.296 e. The van der Waals surface area contributed by atoms with Crippen molar-refractivity contribution >= 4 is 34.3 Å². The second-order valence-corrected chi connectivity index (χ2v) is 7.26. The number of nitrogens with zero attached hydrogens (tertiary/aromatic N) is 2. The summed E-state index contributed by atoms with van der Waals surface area (Å²) < 4.78 is 11.4. The molecule has 0 radical (unpaired) electrons. The lowest BCUT2D eigenvalue weighted by Crippen LogP contribution is -2.30. The Labute approximate surface area is 176 Å². The van der Waals surface area contributed by atoms with Gasteiger partial charge in [-0.15, -0.1) is 0 Å². The molecule has 5 rings (SSSR count). The second kappa shape index (κ2) is 7.00. The van der Waals surface area contributed by atoms with Gasteiger partial charge in [0.2, 0.25) is 5.76 Å². The van der Waals surface area contributed by atoms with Gasteiger partial charge in [-0.2, -0.15) is 0 Å². The van der Waals surface area contributed by atoms with Crippen LogP contribution in [-0.2, 0) is 0 Å². The molecule has 0 aliphatic carbocycles. The Bertz CT molecular complexity index is 1350. The normalized spacial score (nSPS) is 15.5. The lowest BCUT2D eigenvalue weighted by atomic mass is 9.97. The summed E-state index contributed by atoms with van der Waals surface area (Å²) >= 11 is 6.11. The lowest BCUT2D eigenvalue weighted by Gasteiger charge is -2.25. The highest BCUT2D eigenvalue weighted by atomic mass is 35.5. The molecule has 0 bridgehead atoms. The second-order valence-electron chi connectivity index (χ2n) is 6.82. The first-order valence-electron chi connectivity index (χ1n) is 9.24. The molecule has 0 fully saturated rings. The first-order chi connectivity index (χ1) is 14.6. The number of aromatic nitrogens is 1. The van der Waals surface area contributed by atoms with E-state index in [1.165, 1.54) is 4.90 Å². The van der Waals surface area contributed by atoms with Crippen molar-refractivity contribution in [3.8, 4) is 5.75 Å². The quantitative estimate of drug-likeness (QED) is 0.486. The predicted molar refractivity (Wildman–Crippen MR) is 113 cm³/mol. The van der Waals surface area contributed by atoms with Gasteiger partial charge in [0.15, 0.2) is 5.43 Å². The molecule has 0 spiro atoms. The molecule has 0 unspecified atom stereocenters. The SMILES string of the molecule is COc1ccccc1[C@H]1c2c(oc3ccc(Cl)cc3c2=O)C(=O)N1c1ccccn1. The summed E-state index contributed by atoms with van der Waals surface area (Å²) in [7, 11) is 1.55. The maximum Gasteiger partial charge on any atom is 0.296 e. The van der Waals surface area contributed by atoms with Crippen molar-refractivity contribution in [2.24, 2.45) is 0 Å². The van der Waals surface area contributed by atoms with Crippen LogP contribution in [0.2, 0.25) is 5.02 Å². The van der Waals surface area contributed by atoms with Crippen LogP contribution in [-0.4, -0.2) is 18.0 Å². The zero-order valence-electron chi connectivity index (χ0n) is 15.8. The summed E-state index contributed by atoms with van der Waals surface area (Å²) in [5.74, 6) is 0.519. The van der Waals surface area contributed by atoms with Gasteiger partial charge < -0.3 is 9.15 Å². The number of hydrogen-bond donors (Lipinski definition) is 0. The fourth-order valence-corrected chi connectivity index (χ4v) is 4.04. The van der Waals surface area contributed by atoms with Crippen LogP contribution in [0, 0.1) is 0 Å². The molecule has 148 valence electrons. The van der Waals surface area contributed by atoms with E-state index in [0.717, 1.165) is 0 Å². The fourth-order valence-electron chi connectivity index (χ4n) is 3.86. The molecule has 1 aliphatic rings. The average molecular weight is 419 g/mol. The Kier molecular flexibility index (Phi) is 4.29. The van der Waals surface area contributed by atoms with Crippen molar-refractivity contribution in [3.63, 3.8) is 0 Å². The number of hydrogen-bond acceptors (Lipinski definition) is 5. The number of carbonyl (C=O) groups excluding carboxylic acids is 1. The van der Waals surface area contributed by atoms with Crippen LogP contribution in [0.4, 0.5) is 5.82 Å².